The molecule has 0 aliphatic rings. The van der Waals surface area contributed by atoms with Gasteiger partial charge in [0.2, 0.25) is 0 Å². The SMILES string of the molecule is Cc1c(-c2cc3ccccc3c(-c3c(C)c(-c4cc(F)c(F)c(F)c4C)cc4ccccc34)c2C)cc(F)c(F)c1F. The Morgan fingerprint density at radius 2 is 0.714 bits per heavy atom. The first kappa shape index (κ1) is 27.6. The van der Waals surface area contributed by atoms with E-state index < -0.39 is 34.9 Å². The molecular formula is C36H24F6. The van der Waals surface area contributed by atoms with E-state index in [1.165, 1.54) is 13.8 Å². The van der Waals surface area contributed by atoms with Crippen molar-refractivity contribution in [2.24, 2.45) is 0 Å². The van der Waals surface area contributed by atoms with Crippen LogP contribution in [0.25, 0.3) is 54.9 Å². The second-order valence-corrected chi connectivity index (χ2v) is 10.6. The van der Waals surface area contributed by atoms with Gasteiger partial charge in [-0.25, -0.2) is 26.3 Å². The predicted molar refractivity (Wildman–Crippen MR) is 156 cm³/mol. The molecule has 0 unspecified atom stereocenters. The minimum Gasteiger partial charge on any atom is -0.204 e. The van der Waals surface area contributed by atoms with E-state index >= 15 is 0 Å². The first-order chi connectivity index (χ1) is 20.0. The molecule has 0 N–H and O–H groups in total. The highest BCUT2D eigenvalue weighted by Crippen LogP contribution is 2.46. The fourth-order valence-electron chi connectivity index (χ4n) is 6.04. The Bertz CT molecular complexity index is 1940. The molecule has 0 atom stereocenters. The van der Waals surface area contributed by atoms with Crippen molar-refractivity contribution >= 4 is 21.5 Å². The first-order valence-corrected chi connectivity index (χ1v) is 13.3. The molecule has 0 aromatic heterocycles. The molecule has 6 aromatic carbocycles. The maximum absolute atomic E-state index is 14.7. The number of hydrogen-bond donors (Lipinski definition) is 0. The highest BCUT2D eigenvalue weighted by Gasteiger charge is 2.24. The van der Waals surface area contributed by atoms with Crippen LogP contribution >= 0.6 is 0 Å². The van der Waals surface area contributed by atoms with Crippen LogP contribution in [0.5, 0.6) is 0 Å². The Kier molecular flexibility index (Phi) is 6.60. The third kappa shape index (κ3) is 4.08. The van der Waals surface area contributed by atoms with E-state index in [-0.39, 0.29) is 22.3 Å². The van der Waals surface area contributed by atoms with Crippen molar-refractivity contribution in [1.29, 1.82) is 0 Å². The summed E-state index contributed by atoms with van der Waals surface area (Å²) in [6, 6.07) is 20.7. The Labute approximate surface area is 238 Å². The van der Waals surface area contributed by atoms with E-state index in [4.69, 9.17) is 0 Å². The summed E-state index contributed by atoms with van der Waals surface area (Å²) in [5.41, 5.74) is 4.28. The van der Waals surface area contributed by atoms with Crippen LogP contribution in [-0.2, 0) is 0 Å². The molecule has 0 bridgehead atoms. The third-order valence-electron chi connectivity index (χ3n) is 8.26. The topological polar surface area (TPSA) is 0 Å². The largest absolute Gasteiger partial charge is 0.204 e. The van der Waals surface area contributed by atoms with E-state index in [0.29, 0.717) is 22.3 Å². The highest BCUT2D eigenvalue weighted by atomic mass is 19.2. The molecule has 0 spiro atoms. The highest BCUT2D eigenvalue weighted by molar-refractivity contribution is 6.11. The van der Waals surface area contributed by atoms with Crippen molar-refractivity contribution in [3.05, 3.63) is 130 Å². The summed E-state index contributed by atoms with van der Waals surface area (Å²) in [6.45, 7) is 6.48. The zero-order valence-corrected chi connectivity index (χ0v) is 23.2. The summed E-state index contributed by atoms with van der Waals surface area (Å²) in [6.07, 6.45) is 0. The van der Waals surface area contributed by atoms with Gasteiger partial charge in [-0.2, -0.15) is 0 Å². The number of fused-ring (bicyclic) bond motifs is 2. The zero-order valence-electron chi connectivity index (χ0n) is 23.2. The van der Waals surface area contributed by atoms with Crippen molar-refractivity contribution in [1.82, 2.24) is 0 Å². The van der Waals surface area contributed by atoms with Gasteiger partial charge in [0.25, 0.3) is 0 Å². The summed E-state index contributed by atoms with van der Waals surface area (Å²) >= 11 is 0. The smallest absolute Gasteiger partial charge is 0.194 e. The minimum atomic E-state index is -1.53. The molecule has 0 radical (unpaired) electrons. The molecule has 6 aromatic rings. The molecule has 42 heavy (non-hydrogen) atoms. The van der Waals surface area contributed by atoms with Gasteiger partial charge in [0, 0.05) is 0 Å². The molecule has 0 saturated heterocycles. The van der Waals surface area contributed by atoms with Crippen molar-refractivity contribution < 1.29 is 26.3 Å². The first-order valence-electron chi connectivity index (χ1n) is 13.3. The van der Waals surface area contributed by atoms with Gasteiger partial charge in [-0.1, -0.05) is 48.5 Å². The summed E-state index contributed by atoms with van der Waals surface area (Å²) in [5, 5.41) is 3.25. The third-order valence-corrected chi connectivity index (χ3v) is 8.26. The van der Waals surface area contributed by atoms with Crippen molar-refractivity contribution in [3.63, 3.8) is 0 Å². The Hall–Kier alpha value is -4.58. The van der Waals surface area contributed by atoms with Crippen LogP contribution in [0.3, 0.4) is 0 Å². The maximum Gasteiger partial charge on any atom is 0.194 e. The summed E-state index contributed by atoms with van der Waals surface area (Å²) < 4.78 is 86.7. The quantitative estimate of drug-likeness (QED) is 0.147. The van der Waals surface area contributed by atoms with Crippen molar-refractivity contribution in [2.45, 2.75) is 27.7 Å². The zero-order chi connectivity index (χ0) is 30.0. The molecule has 210 valence electrons. The summed E-state index contributed by atoms with van der Waals surface area (Å²) in [7, 11) is 0. The van der Waals surface area contributed by atoms with Gasteiger partial charge < -0.3 is 0 Å². The molecule has 6 heteroatoms. The van der Waals surface area contributed by atoms with Crippen molar-refractivity contribution in [3.8, 4) is 33.4 Å². The van der Waals surface area contributed by atoms with E-state index in [1.54, 1.807) is 0 Å². The lowest BCUT2D eigenvalue weighted by molar-refractivity contribution is 0.444. The number of hydrogen-bond acceptors (Lipinski definition) is 0. The maximum atomic E-state index is 14.7. The van der Waals surface area contributed by atoms with Gasteiger partial charge in [-0.15, -0.1) is 0 Å². The van der Waals surface area contributed by atoms with Gasteiger partial charge in [0.1, 0.15) is 0 Å². The normalized spacial score (nSPS) is 11.6. The molecular weight excluding hydrogens is 546 g/mol. The Balaban J connectivity index is 1.79. The predicted octanol–water partition coefficient (Wildman–Crippen LogP) is 11.1. The van der Waals surface area contributed by atoms with Crippen LogP contribution < -0.4 is 0 Å². The van der Waals surface area contributed by atoms with Crippen LogP contribution in [0.15, 0.2) is 72.8 Å². The standard InChI is InChI=1S/C36H24F6/c1-17-25(27-15-29(37)35(41)33(39)19(27)3)13-21-9-5-7-11-23(21)31(17)32-18(2)26(14-22-10-6-8-12-24(22)32)28-16-30(38)36(42)34(40)20(28)4/h5-16H,1-4H3. The number of halogens is 6. The van der Waals surface area contributed by atoms with Gasteiger partial charge in [0.05, 0.1) is 0 Å². The van der Waals surface area contributed by atoms with Crippen LogP contribution in [0.1, 0.15) is 22.3 Å². The van der Waals surface area contributed by atoms with Gasteiger partial charge in [0.15, 0.2) is 34.9 Å². The Morgan fingerprint density at radius 1 is 0.381 bits per heavy atom. The van der Waals surface area contributed by atoms with E-state index in [9.17, 15) is 26.3 Å². The lowest BCUT2D eigenvalue weighted by atomic mass is 9.81. The molecule has 0 heterocycles. The molecule has 0 fully saturated rings. The van der Waals surface area contributed by atoms with Crippen LogP contribution in [0, 0.1) is 62.6 Å². The average Bonchev–Trinajstić information content (AvgIpc) is 2.99. The second kappa shape index (κ2) is 10.1. The van der Waals surface area contributed by atoms with Crippen LogP contribution in [0.2, 0.25) is 0 Å². The van der Waals surface area contributed by atoms with Gasteiger partial charge in [-0.05, 0) is 129 Å². The van der Waals surface area contributed by atoms with E-state index in [1.807, 2.05) is 74.5 Å². The Morgan fingerprint density at radius 3 is 1.10 bits per heavy atom. The molecule has 0 amide bonds. The number of benzene rings is 6. The average molecular weight is 571 g/mol. The second-order valence-electron chi connectivity index (χ2n) is 10.6. The van der Waals surface area contributed by atoms with Crippen LogP contribution in [0.4, 0.5) is 26.3 Å². The van der Waals surface area contributed by atoms with E-state index in [2.05, 4.69) is 0 Å². The minimum absolute atomic E-state index is 0.0264. The summed E-state index contributed by atoms with van der Waals surface area (Å²) in [5.74, 6) is -8.14. The molecule has 0 saturated carbocycles. The van der Waals surface area contributed by atoms with Gasteiger partial charge in [-0.3, -0.25) is 0 Å². The van der Waals surface area contributed by atoms with E-state index in [0.717, 1.165) is 44.8 Å². The molecule has 0 aliphatic heterocycles. The molecule has 6 rings (SSSR count). The van der Waals surface area contributed by atoms with Crippen molar-refractivity contribution in [2.75, 3.05) is 0 Å². The number of rotatable bonds is 3. The van der Waals surface area contributed by atoms with Crippen LogP contribution in [-0.4, -0.2) is 0 Å². The fourth-order valence-corrected chi connectivity index (χ4v) is 6.04. The molecule has 0 nitrogen and oxygen atoms in total. The lowest BCUT2D eigenvalue weighted by Crippen LogP contribution is -2.02. The lowest BCUT2D eigenvalue weighted by Gasteiger charge is -2.23. The van der Waals surface area contributed by atoms with Gasteiger partial charge >= 0.3 is 0 Å². The fraction of sp³-hybridized carbons (Fsp3) is 0.111. The summed E-state index contributed by atoms with van der Waals surface area (Å²) in [4.78, 5) is 0. The monoisotopic (exact) mass is 570 g/mol. The molecule has 0 aliphatic carbocycles.